The Morgan fingerprint density at radius 3 is 2.83 bits per heavy atom. The lowest BCUT2D eigenvalue weighted by atomic mass is 10.0. The van der Waals surface area contributed by atoms with Crippen LogP contribution in [0.3, 0.4) is 0 Å². The summed E-state index contributed by atoms with van der Waals surface area (Å²) in [6.45, 7) is 0. The molecular formula is C21H20N6O5S3. The molecule has 2 aliphatic heterocycles. The fourth-order valence-corrected chi connectivity index (χ4v) is 6.06. The number of carbonyl (C=O) groups is 3. The number of rotatable bonds is 8. The Labute approximate surface area is 212 Å². The summed E-state index contributed by atoms with van der Waals surface area (Å²) < 4.78 is 1.93. The second-order valence-electron chi connectivity index (χ2n) is 7.45. The van der Waals surface area contributed by atoms with Crippen molar-refractivity contribution in [3.8, 4) is 0 Å². The molecule has 4 heterocycles. The lowest BCUT2D eigenvalue weighted by Gasteiger charge is -2.50. The molecule has 182 valence electrons. The summed E-state index contributed by atoms with van der Waals surface area (Å²) in [4.78, 5) is 43.4. The van der Waals surface area contributed by atoms with Gasteiger partial charge in [0.15, 0.2) is 23.2 Å². The highest BCUT2D eigenvalue weighted by Crippen LogP contribution is 2.40. The van der Waals surface area contributed by atoms with Gasteiger partial charge in [0.2, 0.25) is 0 Å². The molecule has 1 fully saturated rings. The van der Waals surface area contributed by atoms with E-state index in [9.17, 15) is 24.7 Å². The minimum absolute atomic E-state index is 0.0671. The first-order valence-electron chi connectivity index (χ1n) is 10.2. The lowest BCUT2D eigenvalue weighted by molar-refractivity contribution is -0.671. The zero-order valence-electron chi connectivity index (χ0n) is 18.3. The zero-order valence-corrected chi connectivity index (χ0v) is 20.7. The van der Waals surface area contributed by atoms with Crippen LogP contribution in [0.25, 0.3) is 0 Å². The number of β-lactam (4-membered cyclic amide) rings is 1. The molecule has 2 aliphatic rings. The number of nitrogens with zero attached hydrogens (tertiary/aromatic N) is 4. The lowest BCUT2D eigenvalue weighted by Crippen LogP contribution is -2.71. The molecular weight excluding hydrogens is 512 g/mol. The molecule has 0 spiro atoms. The number of aromatic nitrogens is 2. The molecule has 0 unspecified atom stereocenters. The van der Waals surface area contributed by atoms with E-state index in [-0.39, 0.29) is 16.5 Å². The summed E-state index contributed by atoms with van der Waals surface area (Å²) in [6, 6.07) is 2.97. The quantitative estimate of drug-likeness (QED) is 0.101. The van der Waals surface area contributed by atoms with E-state index in [0.717, 1.165) is 21.1 Å². The number of fused-ring (bicyclic) bond motifs is 1. The van der Waals surface area contributed by atoms with Gasteiger partial charge in [-0.2, -0.15) is 0 Å². The largest absolute Gasteiger partial charge is 0.543 e. The maximum Gasteiger partial charge on any atom is 0.276 e. The molecule has 0 radical (unpaired) electrons. The molecule has 2 atom stereocenters. The molecule has 4 rings (SSSR count). The molecule has 0 aromatic carbocycles. The van der Waals surface area contributed by atoms with Crippen molar-refractivity contribution in [3.63, 3.8) is 0 Å². The number of hydrogen-bond donors (Lipinski definition) is 3. The topological polar surface area (TPSA) is 165 Å². The van der Waals surface area contributed by atoms with Crippen molar-refractivity contribution in [2.75, 3.05) is 17.2 Å². The standard InChI is InChI=1S/C21H20N6O5S3/c1-26-6-4-12(5-7-26)33-8-2-3-11-9-34-19-15(18(29)27(19)16(11)20(30)31)24-17(28)14(25-32)13-10-35-21(22)23-13/h2-7,10,15,19H,8-9H2,1H3,(H4-,22,23,24,28,30,31,32)/b3-2+/t15-,19+/m1/s1. The van der Waals surface area contributed by atoms with Crippen molar-refractivity contribution in [1.29, 1.82) is 0 Å². The van der Waals surface area contributed by atoms with E-state index < -0.39 is 34.9 Å². The van der Waals surface area contributed by atoms with E-state index in [1.807, 2.05) is 42.2 Å². The number of aliphatic carboxylic acids is 1. The van der Waals surface area contributed by atoms with Gasteiger partial charge >= 0.3 is 0 Å². The maximum atomic E-state index is 12.8. The third-order valence-corrected chi connectivity index (χ3v) is 8.11. The number of aryl methyl sites for hydroxylation is 1. The van der Waals surface area contributed by atoms with Crippen molar-refractivity contribution in [2.24, 2.45) is 12.2 Å². The summed E-state index contributed by atoms with van der Waals surface area (Å²) >= 11 is 3.97. The highest BCUT2D eigenvalue weighted by Gasteiger charge is 2.53. The zero-order chi connectivity index (χ0) is 25.1. The number of thiazole rings is 1. The van der Waals surface area contributed by atoms with Crippen molar-refractivity contribution in [2.45, 2.75) is 16.3 Å². The van der Waals surface area contributed by atoms with Crippen LogP contribution in [-0.2, 0) is 21.4 Å². The molecule has 14 heteroatoms. The first-order valence-corrected chi connectivity index (χ1v) is 13.1. The van der Waals surface area contributed by atoms with E-state index in [2.05, 4.69) is 15.5 Å². The third-order valence-electron chi connectivity index (χ3n) is 5.17. The molecule has 4 N–H and O–H groups in total. The minimum atomic E-state index is -1.47. The Morgan fingerprint density at radius 2 is 2.20 bits per heavy atom. The van der Waals surface area contributed by atoms with Gasteiger partial charge in [0, 0.05) is 33.9 Å². The number of nitrogens with two attached hydrogens (primary N) is 1. The summed E-state index contributed by atoms with van der Waals surface area (Å²) in [5, 5.41) is 27.6. The molecule has 0 saturated carbocycles. The monoisotopic (exact) mass is 532 g/mol. The first-order chi connectivity index (χ1) is 16.8. The molecule has 2 aromatic rings. The number of amides is 2. The van der Waals surface area contributed by atoms with Crippen molar-refractivity contribution in [1.82, 2.24) is 15.2 Å². The molecule has 0 bridgehead atoms. The average Bonchev–Trinajstić information content (AvgIpc) is 3.26. The number of allylic oxidation sites excluding steroid dienone is 1. The number of carboxylic acid groups (broad SMARTS) is 1. The highest BCUT2D eigenvalue weighted by molar-refractivity contribution is 8.00. The summed E-state index contributed by atoms with van der Waals surface area (Å²) in [6.07, 6.45) is 7.40. The minimum Gasteiger partial charge on any atom is -0.543 e. The van der Waals surface area contributed by atoms with Crippen LogP contribution < -0.4 is 20.7 Å². The van der Waals surface area contributed by atoms with Crippen LogP contribution in [0.15, 0.2) is 63.4 Å². The first kappa shape index (κ1) is 24.8. The Morgan fingerprint density at radius 1 is 1.46 bits per heavy atom. The van der Waals surface area contributed by atoms with Gasteiger partial charge in [-0.3, -0.25) is 14.5 Å². The van der Waals surface area contributed by atoms with E-state index in [0.29, 0.717) is 17.1 Å². The summed E-state index contributed by atoms with van der Waals surface area (Å²) in [7, 11) is 1.93. The van der Waals surface area contributed by atoms with Crippen LogP contribution in [0.5, 0.6) is 0 Å². The van der Waals surface area contributed by atoms with Crippen LogP contribution in [0, 0.1) is 0 Å². The fourth-order valence-electron chi connectivity index (χ4n) is 3.50. The van der Waals surface area contributed by atoms with E-state index in [1.54, 1.807) is 17.8 Å². The van der Waals surface area contributed by atoms with Gasteiger partial charge in [0.1, 0.15) is 24.2 Å². The number of carbonyl (C=O) groups excluding carboxylic acids is 3. The van der Waals surface area contributed by atoms with Crippen LogP contribution in [0.2, 0.25) is 0 Å². The fraction of sp³-hybridized carbons (Fsp3) is 0.238. The number of pyridine rings is 1. The van der Waals surface area contributed by atoms with Gasteiger partial charge in [-0.15, -0.1) is 34.9 Å². The van der Waals surface area contributed by atoms with Gasteiger partial charge in [-0.05, 0) is 5.57 Å². The van der Waals surface area contributed by atoms with E-state index >= 15 is 0 Å². The number of anilines is 1. The van der Waals surface area contributed by atoms with E-state index in [4.69, 9.17) is 5.73 Å². The summed E-state index contributed by atoms with van der Waals surface area (Å²) in [5.74, 6) is -1.96. The smallest absolute Gasteiger partial charge is 0.276 e. The molecule has 2 aromatic heterocycles. The van der Waals surface area contributed by atoms with Crippen molar-refractivity contribution >= 4 is 63.5 Å². The number of carboxylic acids is 1. The van der Waals surface area contributed by atoms with Crippen molar-refractivity contribution < 1.29 is 29.3 Å². The second kappa shape index (κ2) is 10.5. The van der Waals surface area contributed by atoms with Crippen LogP contribution in [-0.4, -0.2) is 61.5 Å². The SMILES string of the molecule is C[n+]1ccc(SC/C=C/C2=C(C(=O)[O-])N3C(=O)[C@@H](NC(=O)/C(=N\O)c4csc(N)n4)[C@@H]3SC2)cc1. The van der Waals surface area contributed by atoms with Gasteiger partial charge < -0.3 is 26.2 Å². The van der Waals surface area contributed by atoms with Gasteiger partial charge in [0.25, 0.3) is 11.8 Å². The third kappa shape index (κ3) is 5.18. The summed E-state index contributed by atoms with van der Waals surface area (Å²) in [5.41, 5.74) is 5.48. The molecule has 35 heavy (non-hydrogen) atoms. The number of nitrogens with one attached hydrogen (secondary N) is 1. The van der Waals surface area contributed by atoms with E-state index in [1.165, 1.54) is 17.1 Å². The van der Waals surface area contributed by atoms with Gasteiger partial charge in [0.05, 0.1) is 11.7 Å². The molecule has 2 amide bonds. The molecule has 1 saturated heterocycles. The molecule has 0 aliphatic carbocycles. The number of thioether (sulfide) groups is 2. The van der Waals surface area contributed by atoms with Crippen molar-refractivity contribution in [3.05, 3.63) is 59.0 Å². The number of oxime groups is 1. The Hall–Kier alpha value is -3.36. The normalized spacial score (nSPS) is 20.1. The predicted octanol–water partition coefficient (Wildman–Crippen LogP) is -0.519. The Bertz CT molecular complexity index is 1260. The number of hydrogen-bond acceptors (Lipinski definition) is 11. The van der Waals surface area contributed by atoms with Crippen LogP contribution in [0.1, 0.15) is 5.69 Å². The highest BCUT2D eigenvalue weighted by atomic mass is 32.2. The molecule has 11 nitrogen and oxygen atoms in total. The van der Waals surface area contributed by atoms with Gasteiger partial charge in [-0.25, -0.2) is 9.55 Å². The predicted molar refractivity (Wildman–Crippen MR) is 129 cm³/mol. The average molecular weight is 533 g/mol. The van der Waals surface area contributed by atoms with Crippen LogP contribution >= 0.6 is 34.9 Å². The Balaban J connectivity index is 1.43. The number of nitrogen functional groups attached to an aromatic ring is 1. The van der Waals surface area contributed by atoms with Gasteiger partial charge in [-0.1, -0.05) is 17.3 Å². The Kier molecular flexibility index (Phi) is 7.42. The second-order valence-corrected chi connectivity index (χ2v) is 10.5. The maximum absolute atomic E-state index is 12.8. The van der Waals surface area contributed by atoms with Crippen LogP contribution in [0.4, 0.5) is 5.13 Å².